The first-order valence-electron chi connectivity index (χ1n) is 7.54. The number of fused-ring (bicyclic) bond motifs is 6. The molecule has 6 nitrogen and oxygen atoms in total. The molecule has 1 aromatic rings. The zero-order valence-electron chi connectivity index (χ0n) is 12.8. The van der Waals surface area contributed by atoms with E-state index in [0.29, 0.717) is 16.7 Å². The summed E-state index contributed by atoms with van der Waals surface area (Å²) in [7, 11) is 0. The van der Waals surface area contributed by atoms with Crippen LogP contribution >= 0.6 is 11.8 Å². The van der Waals surface area contributed by atoms with Crippen molar-refractivity contribution in [3.05, 3.63) is 29.8 Å². The highest BCUT2D eigenvalue weighted by atomic mass is 32.2. The lowest BCUT2D eigenvalue weighted by molar-refractivity contribution is -0.163. The van der Waals surface area contributed by atoms with Gasteiger partial charge in [0.1, 0.15) is 11.7 Å². The summed E-state index contributed by atoms with van der Waals surface area (Å²) in [5, 5.41) is 0.623. The van der Waals surface area contributed by atoms with E-state index < -0.39 is 17.7 Å². The second kappa shape index (κ2) is 4.99. The van der Waals surface area contributed by atoms with Crippen molar-refractivity contribution < 1.29 is 19.1 Å². The Morgan fingerprint density at radius 1 is 1.52 bits per heavy atom. The van der Waals surface area contributed by atoms with Crippen LogP contribution in [0.2, 0.25) is 0 Å². The molecule has 3 atom stereocenters. The van der Waals surface area contributed by atoms with Crippen LogP contribution in [0.1, 0.15) is 25.5 Å². The number of amidine groups is 1. The summed E-state index contributed by atoms with van der Waals surface area (Å²) in [6.07, 6.45) is 0. The fraction of sp³-hybridized carbons (Fsp3) is 0.438. The van der Waals surface area contributed by atoms with E-state index in [2.05, 4.69) is 4.99 Å². The average molecular weight is 332 g/mol. The summed E-state index contributed by atoms with van der Waals surface area (Å²) in [4.78, 5) is 31.2. The molecule has 0 unspecified atom stereocenters. The smallest absolute Gasteiger partial charge is 0.317 e. The number of rotatable bonds is 2. The molecule has 7 heteroatoms. The maximum atomic E-state index is 12.6. The fourth-order valence-electron chi connectivity index (χ4n) is 3.46. The van der Waals surface area contributed by atoms with E-state index in [-0.39, 0.29) is 18.5 Å². The Labute approximate surface area is 137 Å². The Morgan fingerprint density at radius 2 is 2.30 bits per heavy atom. The van der Waals surface area contributed by atoms with Gasteiger partial charge >= 0.3 is 5.97 Å². The lowest BCUT2D eigenvalue weighted by atomic mass is 9.80. The van der Waals surface area contributed by atoms with Crippen molar-refractivity contribution in [2.45, 2.75) is 25.6 Å². The predicted octanol–water partition coefficient (Wildman–Crippen LogP) is 1.96. The molecule has 0 saturated carbocycles. The summed E-state index contributed by atoms with van der Waals surface area (Å²) < 4.78 is 11.3. The number of para-hydroxylation sites is 1. The molecule has 1 aromatic carbocycles. The van der Waals surface area contributed by atoms with Gasteiger partial charge in [-0.1, -0.05) is 30.0 Å². The summed E-state index contributed by atoms with van der Waals surface area (Å²) >= 11 is 1.39. The molecule has 1 amide bonds. The van der Waals surface area contributed by atoms with Crippen LogP contribution in [0.3, 0.4) is 0 Å². The van der Waals surface area contributed by atoms with Crippen molar-refractivity contribution >= 4 is 28.8 Å². The molecule has 0 aromatic heterocycles. The van der Waals surface area contributed by atoms with Gasteiger partial charge in [0, 0.05) is 5.56 Å². The van der Waals surface area contributed by atoms with Gasteiger partial charge < -0.3 is 9.47 Å². The first kappa shape index (κ1) is 14.6. The number of ether oxygens (including phenoxy) is 2. The molecule has 0 N–H and O–H groups in total. The van der Waals surface area contributed by atoms with Gasteiger partial charge in [-0.25, -0.2) is 4.99 Å². The number of carbonyl (C=O) groups excluding carboxylic acids is 2. The minimum absolute atomic E-state index is 0.0354. The third kappa shape index (κ3) is 1.99. The van der Waals surface area contributed by atoms with Crippen molar-refractivity contribution in [3.63, 3.8) is 0 Å². The number of thioether (sulfide) groups is 1. The molecule has 0 spiro atoms. The number of hydrogen-bond acceptors (Lipinski definition) is 6. The Morgan fingerprint density at radius 3 is 3.09 bits per heavy atom. The third-order valence-corrected chi connectivity index (χ3v) is 5.32. The highest BCUT2D eigenvalue weighted by Crippen LogP contribution is 2.52. The minimum atomic E-state index is -1.06. The van der Waals surface area contributed by atoms with E-state index >= 15 is 0 Å². The van der Waals surface area contributed by atoms with Crippen LogP contribution in [0.5, 0.6) is 5.75 Å². The predicted molar refractivity (Wildman–Crippen MR) is 85.1 cm³/mol. The topological polar surface area (TPSA) is 68.2 Å². The van der Waals surface area contributed by atoms with Crippen LogP contribution in [0, 0.1) is 5.92 Å². The summed E-state index contributed by atoms with van der Waals surface area (Å²) in [6.45, 7) is 3.82. The molecule has 3 heterocycles. The number of hydrogen-bond donors (Lipinski definition) is 0. The first-order valence-corrected chi connectivity index (χ1v) is 8.53. The summed E-state index contributed by atoms with van der Waals surface area (Å²) in [5.74, 6) is -0.103. The lowest BCUT2D eigenvalue weighted by Gasteiger charge is -2.48. The zero-order chi connectivity index (χ0) is 16.2. The van der Waals surface area contributed by atoms with Gasteiger partial charge in [0.15, 0.2) is 5.17 Å². The molecular formula is C16H16N2O4S. The number of nitrogens with zero attached hydrogens (tertiary/aromatic N) is 2. The van der Waals surface area contributed by atoms with Crippen molar-refractivity contribution in [3.8, 4) is 5.75 Å². The second-order valence-corrected chi connectivity index (χ2v) is 6.76. The van der Waals surface area contributed by atoms with E-state index in [0.717, 1.165) is 5.56 Å². The fourth-order valence-corrected chi connectivity index (χ4v) is 4.45. The van der Waals surface area contributed by atoms with Crippen molar-refractivity contribution in [2.75, 3.05) is 12.4 Å². The molecule has 3 aliphatic rings. The van der Waals surface area contributed by atoms with Gasteiger partial charge in [-0.2, -0.15) is 0 Å². The van der Waals surface area contributed by atoms with Crippen LogP contribution in [0.25, 0.3) is 0 Å². The number of esters is 1. The third-order valence-electron chi connectivity index (χ3n) is 4.38. The Bertz CT molecular complexity index is 735. The molecule has 1 fully saturated rings. The van der Waals surface area contributed by atoms with Gasteiger partial charge in [0.25, 0.3) is 0 Å². The quantitative estimate of drug-likeness (QED) is 0.775. The van der Waals surface area contributed by atoms with Gasteiger partial charge in [0.05, 0.1) is 18.4 Å². The monoisotopic (exact) mass is 332 g/mol. The number of amides is 1. The highest BCUT2D eigenvalue weighted by Gasteiger charge is 2.60. The molecule has 23 heavy (non-hydrogen) atoms. The Hall–Kier alpha value is -2.02. The normalized spacial score (nSPS) is 31.0. The summed E-state index contributed by atoms with van der Waals surface area (Å²) in [5.41, 5.74) is -0.236. The lowest BCUT2D eigenvalue weighted by Crippen LogP contribution is -2.59. The minimum Gasteiger partial charge on any atom is -0.466 e. The SMILES string of the molecule is CCOC(=O)[C@@H]1[C@H]2c3ccccc3O[C@@]1(C)N=C1SCC(=O)N12. The number of aliphatic imine (C=N–C) groups is 1. The van der Waals surface area contributed by atoms with Crippen molar-refractivity contribution in [1.29, 1.82) is 0 Å². The van der Waals surface area contributed by atoms with Gasteiger partial charge in [-0.05, 0) is 19.9 Å². The Kier molecular flexibility index (Phi) is 3.16. The van der Waals surface area contributed by atoms with Crippen LogP contribution in [0.4, 0.5) is 0 Å². The molecule has 120 valence electrons. The number of benzene rings is 1. The highest BCUT2D eigenvalue weighted by molar-refractivity contribution is 8.15. The molecule has 1 saturated heterocycles. The molecule has 0 aliphatic carbocycles. The standard InChI is InChI=1S/C16H16N2O4S/c1-3-21-14(20)12-13-9-6-4-5-7-10(9)22-16(12,2)17-15-18(13)11(19)8-23-15/h4-7,12-13H,3,8H2,1-2H3/t12-,13+,16+/m0/s1. The Balaban J connectivity index is 1.92. The number of carbonyl (C=O) groups is 2. The van der Waals surface area contributed by atoms with Crippen molar-refractivity contribution in [1.82, 2.24) is 4.90 Å². The molecule has 3 aliphatic heterocycles. The van der Waals surface area contributed by atoms with Crippen LogP contribution in [-0.2, 0) is 14.3 Å². The van der Waals surface area contributed by atoms with E-state index in [1.807, 2.05) is 24.3 Å². The maximum absolute atomic E-state index is 12.6. The first-order chi connectivity index (χ1) is 11.0. The zero-order valence-corrected chi connectivity index (χ0v) is 13.6. The van der Waals surface area contributed by atoms with E-state index in [9.17, 15) is 9.59 Å². The molecule has 0 radical (unpaired) electrons. The van der Waals surface area contributed by atoms with Gasteiger partial charge in [0.2, 0.25) is 11.6 Å². The van der Waals surface area contributed by atoms with Crippen LogP contribution in [0.15, 0.2) is 29.3 Å². The van der Waals surface area contributed by atoms with E-state index in [4.69, 9.17) is 9.47 Å². The average Bonchev–Trinajstić information content (AvgIpc) is 2.86. The van der Waals surface area contributed by atoms with E-state index in [1.165, 1.54) is 11.8 Å². The molecular weight excluding hydrogens is 316 g/mol. The molecule has 4 rings (SSSR count). The van der Waals surface area contributed by atoms with Crippen LogP contribution < -0.4 is 4.74 Å². The largest absolute Gasteiger partial charge is 0.466 e. The van der Waals surface area contributed by atoms with Gasteiger partial charge in [-0.15, -0.1) is 0 Å². The van der Waals surface area contributed by atoms with Gasteiger partial charge in [-0.3, -0.25) is 14.5 Å². The van der Waals surface area contributed by atoms with E-state index in [1.54, 1.807) is 18.7 Å². The summed E-state index contributed by atoms with van der Waals surface area (Å²) in [6, 6.07) is 7.06. The van der Waals surface area contributed by atoms with Crippen molar-refractivity contribution in [2.24, 2.45) is 10.9 Å². The van der Waals surface area contributed by atoms with Crippen LogP contribution in [-0.4, -0.2) is 40.0 Å². The molecule has 2 bridgehead atoms. The second-order valence-electron chi connectivity index (χ2n) is 5.82. The maximum Gasteiger partial charge on any atom is 0.317 e.